The molecule has 2 aromatic carbocycles. The normalized spacial score (nSPS) is 11.4. The SMILES string of the molecule is Cc1ccc(-c2nc(NC(=O)c3cc(S(C)(=O)=O)ccc3C)sc2C)cc1. The van der Waals surface area contributed by atoms with Crippen LogP contribution in [0.2, 0.25) is 0 Å². The van der Waals surface area contributed by atoms with Crippen molar-refractivity contribution in [3.8, 4) is 11.3 Å². The van der Waals surface area contributed by atoms with Crippen molar-refractivity contribution in [2.24, 2.45) is 0 Å². The van der Waals surface area contributed by atoms with Gasteiger partial charge in [0, 0.05) is 22.3 Å². The lowest BCUT2D eigenvalue weighted by Crippen LogP contribution is -2.14. The van der Waals surface area contributed by atoms with E-state index in [1.165, 1.54) is 29.0 Å². The van der Waals surface area contributed by atoms with Gasteiger partial charge in [0.1, 0.15) is 0 Å². The molecule has 0 aliphatic carbocycles. The van der Waals surface area contributed by atoms with E-state index in [0.717, 1.165) is 22.4 Å². The van der Waals surface area contributed by atoms with Crippen LogP contribution in [0.25, 0.3) is 11.3 Å². The largest absolute Gasteiger partial charge is 0.298 e. The fourth-order valence-electron chi connectivity index (χ4n) is 2.67. The zero-order chi connectivity index (χ0) is 19.8. The lowest BCUT2D eigenvalue weighted by molar-refractivity contribution is 0.102. The lowest BCUT2D eigenvalue weighted by Gasteiger charge is -2.07. The van der Waals surface area contributed by atoms with E-state index < -0.39 is 9.84 Å². The fourth-order valence-corrected chi connectivity index (χ4v) is 4.15. The number of carbonyl (C=O) groups is 1. The number of rotatable bonds is 4. The van der Waals surface area contributed by atoms with Crippen molar-refractivity contribution in [2.75, 3.05) is 11.6 Å². The molecule has 1 amide bonds. The third kappa shape index (κ3) is 4.26. The number of hydrogen-bond acceptors (Lipinski definition) is 5. The Bertz CT molecular complexity index is 1110. The van der Waals surface area contributed by atoms with Gasteiger partial charge in [-0.3, -0.25) is 10.1 Å². The van der Waals surface area contributed by atoms with Gasteiger partial charge in [-0.25, -0.2) is 13.4 Å². The van der Waals surface area contributed by atoms with Crippen molar-refractivity contribution in [1.82, 2.24) is 4.98 Å². The van der Waals surface area contributed by atoms with Crippen LogP contribution in [0.5, 0.6) is 0 Å². The minimum Gasteiger partial charge on any atom is -0.298 e. The molecular weight excluding hydrogens is 380 g/mol. The van der Waals surface area contributed by atoms with Crippen LogP contribution in [-0.2, 0) is 9.84 Å². The lowest BCUT2D eigenvalue weighted by atomic mass is 10.1. The van der Waals surface area contributed by atoms with Gasteiger partial charge in [0.15, 0.2) is 15.0 Å². The van der Waals surface area contributed by atoms with E-state index in [4.69, 9.17) is 0 Å². The zero-order valence-corrected chi connectivity index (χ0v) is 17.2. The molecule has 0 unspecified atom stereocenters. The van der Waals surface area contributed by atoms with E-state index in [0.29, 0.717) is 16.3 Å². The number of hydrogen-bond donors (Lipinski definition) is 1. The van der Waals surface area contributed by atoms with Crippen molar-refractivity contribution in [3.63, 3.8) is 0 Å². The number of sulfone groups is 1. The fraction of sp³-hybridized carbons (Fsp3) is 0.200. The van der Waals surface area contributed by atoms with Gasteiger partial charge >= 0.3 is 0 Å². The topological polar surface area (TPSA) is 76.1 Å². The van der Waals surface area contributed by atoms with Gasteiger partial charge < -0.3 is 0 Å². The van der Waals surface area contributed by atoms with Gasteiger partial charge in [-0.1, -0.05) is 35.9 Å². The minimum absolute atomic E-state index is 0.119. The first kappa shape index (κ1) is 19.3. The maximum absolute atomic E-state index is 12.7. The second-order valence-corrected chi connectivity index (χ2v) is 9.71. The molecule has 1 aromatic heterocycles. The van der Waals surface area contributed by atoms with Crippen molar-refractivity contribution < 1.29 is 13.2 Å². The Morgan fingerprint density at radius 1 is 1.04 bits per heavy atom. The molecule has 7 heteroatoms. The minimum atomic E-state index is -3.38. The highest BCUT2D eigenvalue weighted by Crippen LogP contribution is 2.31. The Kier molecular flexibility index (Phi) is 5.17. The summed E-state index contributed by atoms with van der Waals surface area (Å²) in [6.45, 7) is 5.75. The average molecular weight is 401 g/mol. The third-order valence-electron chi connectivity index (χ3n) is 4.22. The standard InChI is InChI=1S/C20H20N2O3S2/c1-12-5-8-15(9-6-12)18-14(3)26-20(21-18)22-19(23)17-11-16(27(4,24)25)10-7-13(17)2/h5-11H,1-4H3,(H,21,22,23). The van der Waals surface area contributed by atoms with Gasteiger partial charge in [-0.05, 0) is 38.5 Å². The molecule has 27 heavy (non-hydrogen) atoms. The van der Waals surface area contributed by atoms with E-state index in [9.17, 15) is 13.2 Å². The number of anilines is 1. The molecule has 5 nitrogen and oxygen atoms in total. The quantitative estimate of drug-likeness (QED) is 0.705. The number of benzene rings is 2. The molecule has 3 aromatic rings. The van der Waals surface area contributed by atoms with Crippen LogP contribution < -0.4 is 5.32 Å². The first-order valence-electron chi connectivity index (χ1n) is 8.31. The maximum atomic E-state index is 12.7. The first-order valence-corrected chi connectivity index (χ1v) is 11.0. The molecule has 0 saturated heterocycles. The second-order valence-electron chi connectivity index (χ2n) is 6.49. The van der Waals surface area contributed by atoms with Crippen LogP contribution in [0, 0.1) is 20.8 Å². The molecule has 0 saturated carbocycles. The number of amides is 1. The second kappa shape index (κ2) is 7.25. The molecule has 0 aliphatic heterocycles. The first-order chi connectivity index (χ1) is 12.6. The van der Waals surface area contributed by atoms with Crippen LogP contribution in [0.4, 0.5) is 5.13 Å². The third-order valence-corrected chi connectivity index (χ3v) is 6.22. The highest BCUT2D eigenvalue weighted by Gasteiger charge is 2.17. The van der Waals surface area contributed by atoms with Crippen molar-refractivity contribution >= 4 is 32.2 Å². The zero-order valence-electron chi connectivity index (χ0n) is 15.5. The molecule has 0 fully saturated rings. The predicted octanol–water partition coefficient (Wildman–Crippen LogP) is 4.39. The average Bonchev–Trinajstić information content (AvgIpc) is 2.95. The van der Waals surface area contributed by atoms with Crippen molar-refractivity contribution in [1.29, 1.82) is 0 Å². The summed E-state index contributed by atoms with van der Waals surface area (Å²) in [7, 11) is -3.38. The van der Waals surface area contributed by atoms with Gasteiger partial charge in [0.25, 0.3) is 5.91 Å². The summed E-state index contributed by atoms with van der Waals surface area (Å²) in [5.41, 5.74) is 4.01. The van der Waals surface area contributed by atoms with Crippen LogP contribution in [0.1, 0.15) is 26.4 Å². The molecule has 0 aliphatic rings. The van der Waals surface area contributed by atoms with Gasteiger partial charge in [0.2, 0.25) is 0 Å². The Balaban J connectivity index is 1.89. The Morgan fingerprint density at radius 2 is 1.70 bits per heavy atom. The summed E-state index contributed by atoms with van der Waals surface area (Å²) in [5, 5.41) is 3.28. The Morgan fingerprint density at radius 3 is 2.33 bits per heavy atom. The predicted molar refractivity (Wildman–Crippen MR) is 109 cm³/mol. The number of aryl methyl sites for hydroxylation is 3. The van der Waals surface area contributed by atoms with Gasteiger partial charge in [0.05, 0.1) is 10.6 Å². The molecule has 0 bridgehead atoms. The van der Waals surface area contributed by atoms with E-state index in [1.54, 1.807) is 13.0 Å². The molecule has 1 N–H and O–H groups in total. The molecule has 140 valence electrons. The molecule has 3 rings (SSSR count). The van der Waals surface area contributed by atoms with Gasteiger partial charge in [-0.2, -0.15) is 0 Å². The summed E-state index contributed by atoms with van der Waals surface area (Å²) in [4.78, 5) is 18.3. The molecule has 0 spiro atoms. The number of aromatic nitrogens is 1. The van der Waals surface area contributed by atoms with Crippen LogP contribution in [0.3, 0.4) is 0 Å². The monoisotopic (exact) mass is 400 g/mol. The Labute approximate surface area is 163 Å². The number of thiazole rings is 1. The van der Waals surface area contributed by atoms with E-state index >= 15 is 0 Å². The molecule has 1 heterocycles. The summed E-state index contributed by atoms with van der Waals surface area (Å²) < 4.78 is 23.5. The van der Waals surface area contributed by atoms with Crippen LogP contribution >= 0.6 is 11.3 Å². The van der Waals surface area contributed by atoms with E-state index in [2.05, 4.69) is 10.3 Å². The molecular formula is C20H20N2O3S2. The van der Waals surface area contributed by atoms with Crippen molar-refractivity contribution in [3.05, 3.63) is 64.0 Å². The number of nitrogens with one attached hydrogen (secondary N) is 1. The van der Waals surface area contributed by atoms with Gasteiger partial charge in [-0.15, -0.1) is 11.3 Å². The number of carbonyl (C=O) groups excluding carboxylic acids is 1. The highest BCUT2D eigenvalue weighted by molar-refractivity contribution is 7.90. The summed E-state index contributed by atoms with van der Waals surface area (Å²) >= 11 is 1.39. The summed E-state index contributed by atoms with van der Waals surface area (Å²) in [6.07, 6.45) is 1.12. The summed E-state index contributed by atoms with van der Waals surface area (Å²) in [6, 6.07) is 12.6. The molecule has 0 radical (unpaired) electrons. The van der Waals surface area contributed by atoms with Crippen LogP contribution in [0.15, 0.2) is 47.4 Å². The number of nitrogens with zero attached hydrogens (tertiary/aromatic N) is 1. The highest BCUT2D eigenvalue weighted by atomic mass is 32.2. The van der Waals surface area contributed by atoms with E-state index in [1.807, 2.05) is 38.1 Å². The van der Waals surface area contributed by atoms with Crippen LogP contribution in [-0.4, -0.2) is 25.6 Å². The van der Waals surface area contributed by atoms with Crippen molar-refractivity contribution in [2.45, 2.75) is 25.7 Å². The van der Waals surface area contributed by atoms with E-state index in [-0.39, 0.29) is 10.8 Å². The maximum Gasteiger partial charge on any atom is 0.257 e. The molecule has 0 atom stereocenters. The summed E-state index contributed by atoms with van der Waals surface area (Å²) in [5.74, 6) is -0.373. The smallest absolute Gasteiger partial charge is 0.257 e. The Hall–Kier alpha value is -2.51.